The monoisotopic (exact) mass is 334 g/mol. The first-order valence-corrected chi connectivity index (χ1v) is 7.48. The highest BCUT2D eigenvalue weighted by Gasteiger charge is 2.35. The number of amides is 3. The molecule has 1 unspecified atom stereocenters. The maximum Gasteiger partial charge on any atom is 0.419 e. The van der Waals surface area contributed by atoms with Crippen LogP contribution in [-0.2, 0) is 0 Å². The van der Waals surface area contributed by atoms with Crippen molar-refractivity contribution < 1.29 is 14.7 Å². The first-order chi connectivity index (χ1) is 12.0. The first kappa shape index (κ1) is 16.2. The Balaban J connectivity index is 2.06. The van der Waals surface area contributed by atoms with E-state index >= 15 is 0 Å². The zero-order valence-electron chi connectivity index (χ0n) is 13.3. The number of rotatable bonds is 2. The summed E-state index contributed by atoms with van der Waals surface area (Å²) in [4.78, 5) is 28.2. The lowest BCUT2D eigenvalue weighted by Gasteiger charge is -2.31. The lowest BCUT2D eigenvalue weighted by molar-refractivity contribution is 0.155. The number of benzene rings is 1. The molecule has 25 heavy (non-hydrogen) atoms. The number of allylic oxidation sites excluding steroid dienone is 1. The summed E-state index contributed by atoms with van der Waals surface area (Å²) in [5.74, 6) is 0. The fourth-order valence-corrected chi connectivity index (χ4v) is 2.78. The fourth-order valence-electron chi connectivity index (χ4n) is 2.78. The standard InChI is InChI=1S/C18H14N4O3/c1-11-14(10-19)16(21-17(23)22(11)18(24)25)13-6-4-5-12(9-13)15-7-2-3-8-20-15/h2-9,16H,1H3,(H,21,23)(H,24,25). The van der Waals surface area contributed by atoms with Gasteiger partial charge >= 0.3 is 12.1 Å². The van der Waals surface area contributed by atoms with E-state index < -0.39 is 18.2 Å². The van der Waals surface area contributed by atoms with Gasteiger partial charge in [-0.3, -0.25) is 4.98 Å². The number of urea groups is 1. The van der Waals surface area contributed by atoms with Gasteiger partial charge in [0, 0.05) is 17.5 Å². The normalized spacial score (nSPS) is 17.0. The number of nitriles is 1. The van der Waals surface area contributed by atoms with Crippen molar-refractivity contribution in [3.8, 4) is 17.3 Å². The lowest BCUT2D eigenvalue weighted by atomic mass is 9.94. The van der Waals surface area contributed by atoms with Gasteiger partial charge in [0.25, 0.3) is 0 Å². The Hall–Kier alpha value is -3.66. The highest BCUT2D eigenvalue weighted by atomic mass is 16.4. The Kier molecular flexibility index (Phi) is 4.18. The molecule has 1 aliphatic rings. The van der Waals surface area contributed by atoms with E-state index in [1.807, 2.05) is 36.4 Å². The van der Waals surface area contributed by atoms with E-state index in [-0.39, 0.29) is 11.3 Å². The number of carbonyl (C=O) groups excluding carboxylic acids is 1. The van der Waals surface area contributed by atoms with E-state index in [2.05, 4.69) is 10.3 Å². The fraction of sp³-hybridized carbons (Fsp3) is 0.111. The molecule has 0 radical (unpaired) electrons. The smallest absolute Gasteiger partial charge is 0.419 e. The predicted molar refractivity (Wildman–Crippen MR) is 89.1 cm³/mol. The quantitative estimate of drug-likeness (QED) is 0.876. The molecular weight excluding hydrogens is 320 g/mol. The van der Waals surface area contributed by atoms with E-state index in [0.29, 0.717) is 10.5 Å². The van der Waals surface area contributed by atoms with Crippen molar-refractivity contribution in [2.45, 2.75) is 13.0 Å². The number of carboxylic acid groups (broad SMARTS) is 1. The van der Waals surface area contributed by atoms with Gasteiger partial charge in [0.2, 0.25) is 0 Å². The summed E-state index contributed by atoms with van der Waals surface area (Å²) in [6.45, 7) is 1.45. The molecule has 3 amide bonds. The number of nitrogens with zero attached hydrogens (tertiary/aromatic N) is 3. The molecule has 0 spiro atoms. The van der Waals surface area contributed by atoms with Crippen LogP contribution in [0.2, 0.25) is 0 Å². The van der Waals surface area contributed by atoms with Crippen molar-refractivity contribution >= 4 is 12.1 Å². The van der Waals surface area contributed by atoms with E-state index in [1.165, 1.54) is 6.92 Å². The molecular formula is C18H14N4O3. The molecule has 0 saturated carbocycles. The van der Waals surface area contributed by atoms with Gasteiger partial charge < -0.3 is 10.4 Å². The third-order valence-electron chi connectivity index (χ3n) is 3.98. The van der Waals surface area contributed by atoms with Gasteiger partial charge in [-0.25, -0.2) is 14.5 Å². The van der Waals surface area contributed by atoms with Crippen molar-refractivity contribution in [3.05, 3.63) is 65.5 Å². The minimum absolute atomic E-state index is 0.104. The van der Waals surface area contributed by atoms with Crippen molar-refractivity contribution in [1.82, 2.24) is 15.2 Å². The van der Waals surface area contributed by atoms with Crippen molar-refractivity contribution in [2.75, 3.05) is 0 Å². The van der Waals surface area contributed by atoms with Crippen molar-refractivity contribution in [3.63, 3.8) is 0 Å². The van der Waals surface area contributed by atoms with Crippen LogP contribution in [0.3, 0.4) is 0 Å². The van der Waals surface area contributed by atoms with Crippen LogP contribution in [0, 0.1) is 11.3 Å². The first-order valence-electron chi connectivity index (χ1n) is 7.48. The zero-order valence-corrected chi connectivity index (χ0v) is 13.3. The van der Waals surface area contributed by atoms with Gasteiger partial charge in [0.1, 0.15) is 0 Å². The molecule has 1 aromatic heterocycles. The van der Waals surface area contributed by atoms with Gasteiger partial charge in [-0.2, -0.15) is 5.26 Å². The second-order valence-electron chi connectivity index (χ2n) is 5.45. The Labute approximate surface area is 143 Å². The molecule has 0 aliphatic carbocycles. The highest BCUT2D eigenvalue weighted by molar-refractivity contribution is 5.94. The Morgan fingerprint density at radius 3 is 2.76 bits per heavy atom. The number of imide groups is 1. The summed E-state index contributed by atoms with van der Waals surface area (Å²) in [6.07, 6.45) is 0.253. The zero-order chi connectivity index (χ0) is 18.0. The number of nitrogens with one attached hydrogen (secondary N) is 1. The maximum absolute atomic E-state index is 12.1. The van der Waals surface area contributed by atoms with Gasteiger partial charge in [0.05, 0.1) is 23.4 Å². The topological polar surface area (TPSA) is 106 Å². The average Bonchev–Trinajstić information content (AvgIpc) is 2.62. The molecule has 1 aliphatic heterocycles. The Morgan fingerprint density at radius 1 is 1.32 bits per heavy atom. The Bertz CT molecular complexity index is 915. The highest BCUT2D eigenvalue weighted by Crippen LogP contribution is 2.31. The minimum Gasteiger partial charge on any atom is -0.464 e. The van der Waals surface area contributed by atoms with Crippen LogP contribution in [0.5, 0.6) is 0 Å². The number of hydrogen-bond acceptors (Lipinski definition) is 4. The molecule has 2 N–H and O–H groups in total. The van der Waals surface area contributed by atoms with Crippen LogP contribution in [-0.4, -0.2) is 27.1 Å². The molecule has 1 aromatic carbocycles. The van der Waals surface area contributed by atoms with Crippen LogP contribution < -0.4 is 5.32 Å². The largest absolute Gasteiger partial charge is 0.464 e. The van der Waals surface area contributed by atoms with Gasteiger partial charge in [-0.15, -0.1) is 0 Å². The van der Waals surface area contributed by atoms with Gasteiger partial charge in [-0.1, -0.05) is 24.3 Å². The van der Waals surface area contributed by atoms with Crippen LogP contribution in [0.1, 0.15) is 18.5 Å². The molecule has 1 atom stereocenters. The second-order valence-corrected chi connectivity index (χ2v) is 5.45. The van der Waals surface area contributed by atoms with Crippen LogP contribution in [0.15, 0.2) is 59.9 Å². The lowest BCUT2D eigenvalue weighted by Crippen LogP contribution is -2.48. The molecule has 0 saturated heterocycles. The number of aromatic nitrogens is 1. The molecule has 0 bridgehead atoms. The summed E-state index contributed by atoms with van der Waals surface area (Å²) in [5, 5.41) is 21.2. The van der Waals surface area contributed by atoms with Crippen LogP contribution in [0.25, 0.3) is 11.3 Å². The molecule has 2 aromatic rings. The van der Waals surface area contributed by atoms with E-state index in [1.54, 1.807) is 18.3 Å². The molecule has 7 heteroatoms. The van der Waals surface area contributed by atoms with E-state index in [4.69, 9.17) is 5.11 Å². The summed E-state index contributed by atoms with van der Waals surface area (Å²) in [6, 6.07) is 13.3. The summed E-state index contributed by atoms with van der Waals surface area (Å²) >= 11 is 0. The van der Waals surface area contributed by atoms with Crippen molar-refractivity contribution in [1.29, 1.82) is 5.26 Å². The number of pyridine rings is 1. The van der Waals surface area contributed by atoms with E-state index in [9.17, 15) is 14.9 Å². The molecule has 124 valence electrons. The number of carbonyl (C=O) groups is 2. The molecule has 3 rings (SSSR count). The van der Waals surface area contributed by atoms with Crippen LogP contribution >= 0.6 is 0 Å². The van der Waals surface area contributed by atoms with Crippen molar-refractivity contribution in [2.24, 2.45) is 0 Å². The summed E-state index contributed by atoms with van der Waals surface area (Å²) in [7, 11) is 0. The molecule has 7 nitrogen and oxygen atoms in total. The second kappa shape index (κ2) is 6.45. The molecule has 0 fully saturated rings. The minimum atomic E-state index is -1.43. The SMILES string of the molecule is CC1=C(C#N)C(c2cccc(-c3ccccn3)c2)NC(=O)N1C(=O)O. The molecule has 2 heterocycles. The summed E-state index contributed by atoms with van der Waals surface area (Å²) < 4.78 is 0. The predicted octanol–water partition coefficient (Wildman–Crippen LogP) is 3.29. The maximum atomic E-state index is 12.1. The van der Waals surface area contributed by atoms with E-state index in [0.717, 1.165) is 11.3 Å². The van der Waals surface area contributed by atoms with Gasteiger partial charge in [0.15, 0.2) is 0 Å². The Morgan fingerprint density at radius 2 is 2.12 bits per heavy atom. The third kappa shape index (κ3) is 2.93. The third-order valence-corrected chi connectivity index (χ3v) is 3.98. The summed E-state index contributed by atoms with van der Waals surface area (Å²) in [5.41, 5.74) is 2.56. The van der Waals surface area contributed by atoms with Crippen LogP contribution in [0.4, 0.5) is 9.59 Å². The number of hydrogen-bond donors (Lipinski definition) is 2. The van der Waals surface area contributed by atoms with Gasteiger partial charge in [-0.05, 0) is 30.7 Å². The average molecular weight is 334 g/mol.